The first-order valence-corrected chi connectivity index (χ1v) is 10.6. The molecule has 0 aromatic heterocycles. The maximum absolute atomic E-state index is 11.4. The average Bonchev–Trinajstić information content (AvgIpc) is 2.81. The summed E-state index contributed by atoms with van der Waals surface area (Å²) in [4.78, 5) is 4.70. The summed E-state index contributed by atoms with van der Waals surface area (Å²) in [6, 6.07) is 24.6. The van der Waals surface area contributed by atoms with Crippen LogP contribution in [0.2, 0.25) is 0 Å². The molecule has 0 aliphatic heterocycles. The average molecular weight is 402 g/mol. The van der Waals surface area contributed by atoms with Gasteiger partial charge in [0, 0.05) is 28.8 Å². The molecule has 0 aliphatic rings. The van der Waals surface area contributed by atoms with Gasteiger partial charge in [-0.2, -0.15) is 0 Å². The molecule has 0 spiro atoms. The third kappa shape index (κ3) is 4.25. The highest BCUT2D eigenvalue weighted by Gasteiger charge is 2.34. The number of ether oxygens (including phenoxy) is 1. The second-order valence-electron chi connectivity index (χ2n) is 7.72. The Labute approximate surface area is 180 Å². The molecule has 0 radical (unpaired) electrons. The van der Waals surface area contributed by atoms with Crippen LogP contribution < -0.4 is 4.74 Å². The van der Waals surface area contributed by atoms with Crippen molar-refractivity contribution in [1.29, 1.82) is 0 Å². The number of hydrogen-bond acceptors (Lipinski definition) is 3. The van der Waals surface area contributed by atoms with Crippen LogP contribution in [-0.4, -0.2) is 24.5 Å². The molecule has 0 fully saturated rings. The molecule has 3 rings (SSSR count). The summed E-state index contributed by atoms with van der Waals surface area (Å²) in [5, 5.41) is 11.4. The van der Waals surface area contributed by atoms with Gasteiger partial charge in [-0.3, -0.25) is 4.99 Å². The number of phenols is 1. The van der Waals surface area contributed by atoms with Crippen LogP contribution in [0.25, 0.3) is 0 Å². The van der Waals surface area contributed by atoms with E-state index >= 15 is 0 Å². The van der Waals surface area contributed by atoms with E-state index in [1.807, 2.05) is 48.5 Å². The fourth-order valence-corrected chi connectivity index (χ4v) is 3.93. The molecule has 3 aromatic carbocycles. The first-order chi connectivity index (χ1) is 14.5. The summed E-state index contributed by atoms with van der Waals surface area (Å²) >= 11 is 0. The van der Waals surface area contributed by atoms with Gasteiger partial charge < -0.3 is 9.84 Å². The Morgan fingerprint density at radius 3 is 1.93 bits per heavy atom. The standard InChI is InChI=1S/C27H31NO2/c1-5-23(6-2)28-19-20-17-24(30-4)18-25(26(20)29)27(3,21-13-9-7-10-14-21)22-15-11-8-12-16-22/h7-19,23,29H,5-6H2,1-4H3. The first kappa shape index (κ1) is 21.6. The summed E-state index contributed by atoms with van der Waals surface area (Å²) in [6.45, 7) is 6.41. The van der Waals surface area contributed by atoms with Crippen LogP contribution in [0.3, 0.4) is 0 Å². The molecule has 0 amide bonds. The van der Waals surface area contributed by atoms with Gasteiger partial charge in [-0.25, -0.2) is 0 Å². The van der Waals surface area contributed by atoms with Gasteiger partial charge in [0.25, 0.3) is 0 Å². The van der Waals surface area contributed by atoms with Gasteiger partial charge in [-0.05, 0) is 43.0 Å². The Balaban J connectivity index is 2.25. The molecular weight excluding hydrogens is 370 g/mol. The summed E-state index contributed by atoms with van der Waals surface area (Å²) in [6.07, 6.45) is 3.72. The van der Waals surface area contributed by atoms with Crippen molar-refractivity contribution in [2.75, 3.05) is 7.11 Å². The molecule has 0 bridgehead atoms. The topological polar surface area (TPSA) is 41.8 Å². The minimum atomic E-state index is -0.557. The molecule has 1 N–H and O–H groups in total. The zero-order chi connectivity index (χ0) is 21.6. The molecule has 0 aliphatic carbocycles. The van der Waals surface area contributed by atoms with Crippen LogP contribution in [0.1, 0.15) is 55.9 Å². The second-order valence-corrected chi connectivity index (χ2v) is 7.72. The number of rotatable bonds is 8. The third-order valence-corrected chi connectivity index (χ3v) is 5.96. The van der Waals surface area contributed by atoms with Crippen LogP contribution in [0.5, 0.6) is 11.5 Å². The molecule has 156 valence electrons. The predicted molar refractivity (Wildman–Crippen MR) is 125 cm³/mol. The molecular formula is C27H31NO2. The van der Waals surface area contributed by atoms with Gasteiger partial charge in [0.15, 0.2) is 0 Å². The summed E-state index contributed by atoms with van der Waals surface area (Å²) in [5.74, 6) is 0.938. The Morgan fingerprint density at radius 2 is 1.47 bits per heavy atom. The van der Waals surface area contributed by atoms with Crippen molar-refractivity contribution in [3.8, 4) is 11.5 Å². The molecule has 0 unspecified atom stereocenters. The number of nitrogens with zero attached hydrogens (tertiary/aromatic N) is 1. The van der Waals surface area contributed by atoms with E-state index in [0.717, 1.165) is 29.5 Å². The largest absolute Gasteiger partial charge is 0.507 e. The fraction of sp³-hybridized carbons (Fsp3) is 0.296. The lowest BCUT2D eigenvalue weighted by Gasteiger charge is -2.33. The van der Waals surface area contributed by atoms with E-state index in [2.05, 4.69) is 45.0 Å². The smallest absolute Gasteiger partial charge is 0.129 e. The number of phenolic OH excluding ortho intramolecular Hbond substituents is 1. The lowest BCUT2D eigenvalue weighted by atomic mass is 9.70. The quantitative estimate of drug-likeness (QED) is 0.352. The van der Waals surface area contributed by atoms with Crippen LogP contribution in [-0.2, 0) is 5.41 Å². The highest BCUT2D eigenvalue weighted by Crippen LogP contribution is 2.45. The van der Waals surface area contributed by atoms with Crippen molar-refractivity contribution in [3.05, 3.63) is 95.1 Å². The van der Waals surface area contributed by atoms with Gasteiger partial charge in [0.1, 0.15) is 11.5 Å². The lowest BCUT2D eigenvalue weighted by Crippen LogP contribution is -2.26. The minimum Gasteiger partial charge on any atom is -0.507 e. The van der Waals surface area contributed by atoms with Crippen LogP contribution in [0.4, 0.5) is 0 Å². The van der Waals surface area contributed by atoms with Crippen molar-refractivity contribution in [3.63, 3.8) is 0 Å². The summed E-state index contributed by atoms with van der Waals surface area (Å²) < 4.78 is 5.60. The summed E-state index contributed by atoms with van der Waals surface area (Å²) in [7, 11) is 1.65. The van der Waals surface area contributed by atoms with Crippen molar-refractivity contribution in [2.24, 2.45) is 4.99 Å². The van der Waals surface area contributed by atoms with E-state index in [1.165, 1.54) is 0 Å². The Hall–Kier alpha value is -3.07. The van der Waals surface area contributed by atoms with Crippen molar-refractivity contribution in [1.82, 2.24) is 0 Å². The highest BCUT2D eigenvalue weighted by atomic mass is 16.5. The van der Waals surface area contributed by atoms with Crippen molar-refractivity contribution < 1.29 is 9.84 Å². The molecule has 0 heterocycles. The van der Waals surface area contributed by atoms with Crippen molar-refractivity contribution in [2.45, 2.75) is 45.1 Å². The number of methoxy groups -OCH3 is 1. The Morgan fingerprint density at radius 1 is 0.933 bits per heavy atom. The number of aromatic hydroxyl groups is 1. The third-order valence-electron chi connectivity index (χ3n) is 5.96. The molecule has 0 atom stereocenters. The maximum atomic E-state index is 11.4. The van der Waals surface area contributed by atoms with Gasteiger partial charge >= 0.3 is 0 Å². The molecule has 0 saturated heterocycles. The van der Waals surface area contributed by atoms with E-state index < -0.39 is 5.41 Å². The highest BCUT2D eigenvalue weighted by molar-refractivity contribution is 5.86. The summed E-state index contributed by atoms with van der Waals surface area (Å²) in [5.41, 5.74) is 3.11. The van der Waals surface area contributed by atoms with Gasteiger partial charge in [0.05, 0.1) is 7.11 Å². The van der Waals surface area contributed by atoms with E-state index in [-0.39, 0.29) is 11.8 Å². The second kappa shape index (κ2) is 9.62. The molecule has 30 heavy (non-hydrogen) atoms. The van der Waals surface area contributed by atoms with E-state index in [1.54, 1.807) is 13.3 Å². The number of hydrogen-bond donors (Lipinski definition) is 1. The maximum Gasteiger partial charge on any atom is 0.129 e. The lowest BCUT2D eigenvalue weighted by molar-refractivity contribution is 0.408. The molecule has 3 heteroatoms. The predicted octanol–water partition coefficient (Wildman–Crippen LogP) is 6.36. The zero-order valence-corrected chi connectivity index (χ0v) is 18.3. The first-order valence-electron chi connectivity index (χ1n) is 10.6. The SMILES string of the molecule is CCC(CC)N=Cc1cc(OC)cc(C(C)(c2ccccc2)c2ccccc2)c1O. The Kier molecular flexibility index (Phi) is 6.94. The van der Waals surface area contributed by atoms with E-state index in [4.69, 9.17) is 9.73 Å². The normalized spacial score (nSPS) is 11.9. The van der Waals surface area contributed by atoms with Gasteiger partial charge in [0.2, 0.25) is 0 Å². The van der Waals surface area contributed by atoms with E-state index in [0.29, 0.717) is 11.3 Å². The number of aliphatic imine (C=N–C) groups is 1. The molecule has 3 nitrogen and oxygen atoms in total. The molecule has 3 aromatic rings. The fourth-order valence-electron chi connectivity index (χ4n) is 3.93. The van der Waals surface area contributed by atoms with Crippen LogP contribution >= 0.6 is 0 Å². The van der Waals surface area contributed by atoms with Gasteiger partial charge in [-0.15, -0.1) is 0 Å². The van der Waals surface area contributed by atoms with Crippen LogP contribution in [0.15, 0.2) is 77.8 Å². The minimum absolute atomic E-state index is 0.237. The van der Waals surface area contributed by atoms with Crippen LogP contribution in [0, 0.1) is 0 Å². The zero-order valence-electron chi connectivity index (χ0n) is 18.3. The van der Waals surface area contributed by atoms with Crippen molar-refractivity contribution >= 4 is 6.21 Å². The molecule has 0 saturated carbocycles. The number of benzene rings is 3. The Bertz CT molecular complexity index is 937. The monoisotopic (exact) mass is 401 g/mol. The van der Waals surface area contributed by atoms with Gasteiger partial charge in [-0.1, -0.05) is 74.5 Å². The van der Waals surface area contributed by atoms with E-state index in [9.17, 15) is 5.11 Å².